The number of sulfone groups is 1. The third kappa shape index (κ3) is 2.99. The van der Waals surface area contributed by atoms with Gasteiger partial charge in [-0.2, -0.15) is 0 Å². The second-order valence-corrected chi connectivity index (χ2v) is 5.09. The van der Waals surface area contributed by atoms with Gasteiger partial charge in [-0.3, -0.25) is 0 Å². The summed E-state index contributed by atoms with van der Waals surface area (Å²) in [6.45, 7) is 0. The summed E-state index contributed by atoms with van der Waals surface area (Å²) in [7, 11) is -0.0595. The lowest BCUT2D eigenvalue weighted by Crippen LogP contribution is -2.19. The Kier molecular flexibility index (Phi) is 3.36. The number of benzene rings is 1. The predicted molar refractivity (Wildman–Crippen MR) is 59.6 cm³/mol. The molecular weight excluding hydrogens is 212 g/mol. The Morgan fingerprint density at radius 2 is 1.80 bits per heavy atom. The van der Waals surface area contributed by atoms with Crippen LogP contribution in [0.25, 0.3) is 0 Å². The van der Waals surface area contributed by atoms with E-state index in [-0.39, 0.29) is 10.7 Å². The van der Waals surface area contributed by atoms with Crippen LogP contribution >= 0.6 is 0 Å². The molecule has 15 heavy (non-hydrogen) atoms. The fourth-order valence-electron chi connectivity index (χ4n) is 0.943. The van der Waals surface area contributed by atoms with E-state index < -0.39 is 9.84 Å². The van der Waals surface area contributed by atoms with Crippen LogP contribution in [-0.2, 0) is 9.84 Å². The molecule has 0 atom stereocenters. The van der Waals surface area contributed by atoms with Gasteiger partial charge in [-0.05, 0) is 12.1 Å². The molecule has 0 unspecified atom stereocenters. The van der Waals surface area contributed by atoms with E-state index in [1.54, 1.807) is 37.2 Å². The maximum atomic E-state index is 11.8. The molecule has 0 saturated carbocycles. The third-order valence-corrected chi connectivity index (χ3v) is 3.35. The average Bonchev–Trinajstić information content (AvgIpc) is 2.18. The lowest BCUT2D eigenvalue weighted by molar-refractivity contribution is 0.506. The van der Waals surface area contributed by atoms with Gasteiger partial charge in [0.1, 0.15) is 5.82 Å². The molecule has 0 aliphatic rings. The molecule has 1 rings (SSSR count). The topological polar surface area (TPSA) is 63.4 Å². The van der Waals surface area contributed by atoms with Crippen LogP contribution < -0.4 is 5.73 Å². The van der Waals surface area contributed by atoms with Crippen molar-refractivity contribution in [3.63, 3.8) is 0 Å². The Hall–Kier alpha value is -1.49. The van der Waals surface area contributed by atoms with Gasteiger partial charge >= 0.3 is 0 Å². The van der Waals surface area contributed by atoms with Gasteiger partial charge in [-0.25, -0.2) is 8.42 Å². The van der Waals surface area contributed by atoms with Crippen molar-refractivity contribution < 1.29 is 8.42 Å². The Labute approximate surface area is 89.9 Å². The highest BCUT2D eigenvalue weighted by Gasteiger charge is 2.11. The van der Waals surface area contributed by atoms with E-state index in [0.717, 1.165) is 5.41 Å². The van der Waals surface area contributed by atoms with Crippen molar-refractivity contribution in [2.45, 2.75) is 4.90 Å². The minimum atomic E-state index is -3.43. The van der Waals surface area contributed by atoms with E-state index in [0.29, 0.717) is 0 Å². The predicted octanol–water partition coefficient (Wildman–Crippen LogP) is 0.779. The molecule has 0 heterocycles. The molecule has 0 amide bonds. The van der Waals surface area contributed by atoms with E-state index in [4.69, 9.17) is 5.73 Å². The normalized spacial score (nSPS) is 12.5. The lowest BCUT2D eigenvalue weighted by Gasteiger charge is -2.11. The van der Waals surface area contributed by atoms with Gasteiger partial charge in [0.2, 0.25) is 9.84 Å². The van der Waals surface area contributed by atoms with E-state index >= 15 is 0 Å². The molecule has 0 fully saturated rings. The van der Waals surface area contributed by atoms with Gasteiger partial charge in [-0.15, -0.1) is 0 Å². The van der Waals surface area contributed by atoms with Crippen molar-refractivity contribution in [2.24, 2.45) is 5.73 Å². The summed E-state index contributed by atoms with van der Waals surface area (Å²) >= 11 is 0. The standard InChI is InChI=1S/C10H14N2O2S/c1-12(2)10(11)8-15(13,14)9-6-4-3-5-7-9/h3-8H,11H2,1-2H3. The Bertz CT molecular complexity index is 450. The van der Waals surface area contributed by atoms with Crippen LogP contribution in [0.3, 0.4) is 0 Å². The second kappa shape index (κ2) is 4.35. The first-order chi connectivity index (χ1) is 6.93. The highest BCUT2D eigenvalue weighted by Crippen LogP contribution is 2.12. The van der Waals surface area contributed by atoms with Crippen molar-refractivity contribution in [1.82, 2.24) is 4.90 Å². The maximum absolute atomic E-state index is 11.8. The molecule has 0 bridgehead atoms. The smallest absolute Gasteiger partial charge is 0.203 e. The summed E-state index contributed by atoms with van der Waals surface area (Å²) in [5.41, 5.74) is 5.55. The molecule has 1 aromatic carbocycles. The number of hydrogen-bond donors (Lipinski definition) is 1. The van der Waals surface area contributed by atoms with E-state index in [9.17, 15) is 8.42 Å². The molecule has 5 heteroatoms. The maximum Gasteiger partial charge on any atom is 0.203 e. The third-order valence-electron chi connectivity index (χ3n) is 1.86. The van der Waals surface area contributed by atoms with E-state index in [2.05, 4.69) is 0 Å². The number of nitrogens with zero attached hydrogens (tertiary/aromatic N) is 1. The minimum absolute atomic E-state index is 0.207. The summed E-state index contributed by atoms with van der Waals surface area (Å²) in [4.78, 5) is 1.79. The van der Waals surface area contributed by atoms with Crippen molar-refractivity contribution in [2.75, 3.05) is 14.1 Å². The zero-order valence-corrected chi connectivity index (χ0v) is 9.53. The van der Waals surface area contributed by atoms with Gasteiger partial charge < -0.3 is 10.6 Å². The highest BCUT2D eigenvalue weighted by molar-refractivity contribution is 7.94. The van der Waals surface area contributed by atoms with Gasteiger partial charge in [0.05, 0.1) is 10.3 Å². The zero-order chi connectivity index (χ0) is 11.5. The van der Waals surface area contributed by atoms with Crippen molar-refractivity contribution in [3.05, 3.63) is 41.6 Å². The van der Waals surface area contributed by atoms with Gasteiger partial charge in [0.25, 0.3) is 0 Å². The lowest BCUT2D eigenvalue weighted by atomic mass is 10.4. The molecule has 1 aromatic rings. The minimum Gasteiger partial charge on any atom is -0.385 e. The Morgan fingerprint density at radius 3 is 2.27 bits per heavy atom. The monoisotopic (exact) mass is 226 g/mol. The van der Waals surface area contributed by atoms with Crippen molar-refractivity contribution in [3.8, 4) is 0 Å². The molecule has 0 aromatic heterocycles. The molecule has 2 N–H and O–H groups in total. The van der Waals surface area contributed by atoms with Crippen LogP contribution in [0.1, 0.15) is 0 Å². The van der Waals surface area contributed by atoms with Crippen LogP contribution in [0.2, 0.25) is 0 Å². The van der Waals surface area contributed by atoms with Crippen LogP contribution in [-0.4, -0.2) is 27.4 Å². The fourth-order valence-corrected chi connectivity index (χ4v) is 2.14. The van der Waals surface area contributed by atoms with Gasteiger partial charge in [0.15, 0.2) is 0 Å². The molecule has 0 aliphatic heterocycles. The first-order valence-corrected chi connectivity index (χ1v) is 5.93. The average molecular weight is 226 g/mol. The second-order valence-electron chi connectivity index (χ2n) is 3.30. The molecule has 0 saturated heterocycles. The summed E-state index contributed by atoms with van der Waals surface area (Å²) < 4.78 is 23.5. The number of nitrogens with two attached hydrogens (primary N) is 1. The van der Waals surface area contributed by atoms with Crippen LogP contribution in [0, 0.1) is 0 Å². The summed E-state index contributed by atoms with van der Waals surface area (Å²) in [5, 5.41) is 1.06. The Balaban J connectivity index is 3.11. The first kappa shape index (κ1) is 11.6. The van der Waals surface area contributed by atoms with Crippen LogP contribution in [0.5, 0.6) is 0 Å². The van der Waals surface area contributed by atoms with Gasteiger partial charge in [0, 0.05) is 14.1 Å². The zero-order valence-electron chi connectivity index (χ0n) is 8.71. The van der Waals surface area contributed by atoms with E-state index in [1.165, 1.54) is 12.1 Å². The SMILES string of the molecule is CN(C)C(N)=CS(=O)(=O)c1ccccc1. The summed E-state index contributed by atoms with van der Waals surface area (Å²) in [6.07, 6.45) is 0. The molecular formula is C10H14N2O2S. The van der Waals surface area contributed by atoms with Crippen LogP contribution in [0.15, 0.2) is 46.5 Å². The summed E-state index contributed by atoms with van der Waals surface area (Å²) in [6, 6.07) is 8.18. The summed E-state index contributed by atoms with van der Waals surface area (Å²) in [5.74, 6) is 0.207. The first-order valence-electron chi connectivity index (χ1n) is 4.38. The molecule has 0 aliphatic carbocycles. The van der Waals surface area contributed by atoms with Crippen molar-refractivity contribution in [1.29, 1.82) is 0 Å². The molecule has 82 valence electrons. The molecule has 4 nitrogen and oxygen atoms in total. The molecule has 0 radical (unpaired) electrons. The Morgan fingerprint density at radius 1 is 1.27 bits per heavy atom. The quantitative estimate of drug-likeness (QED) is 0.827. The van der Waals surface area contributed by atoms with Crippen molar-refractivity contribution >= 4 is 9.84 Å². The molecule has 0 spiro atoms. The highest BCUT2D eigenvalue weighted by atomic mass is 32.2. The van der Waals surface area contributed by atoms with Crippen LogP contribution in [0.4, 0.5) is 0 Å². The largest absolute Gasteiger partial charge is 0.385 e. The number of hydrogen-bond acceptors (Lipinski definition) is 4. The fraction of sp³-hybridized carbons (Fsp3) is 0.200. The van der Waals surface area contributed by atoms with Gasteiger partial charge in [-0.1, -0.05) is 18.2 Å². The van der Waals surface area contributed by atoms with E-state index in [1.807, 2.05) is 0 Å². The number of rotatable bonds is 3.